The lowest BCUT2D eigenvalue weighted by molar-refractivity contribution is 0.474. The molecule has 4 nitrogen and oxygen atoms in total. The molecule has 3 N–H and O–H groups in total. The van der Waals surface area contributed by atoms with E-state index in [1.807, 2.05) is 12.2 Å². The molecule has 0 aliphatic carbocycles. The zero-order chi connectivity index (χ0) is 16.8. The SMILES string of the molecule is CCc1ccc(NC/C=C\c2c(P)cc(S)c(N=N)c2O)cc1. The van der Waals surface area contributed by atoms with Gasteiger partial charge in [0, 0.05) is 22.7 Å². The quantitative estimate of drug-likeness (QED) is 0.353. The maximum atomic E-state index is 10.2. The summed E-state index contributed by atoms with van der Waals surface area (Å²) in [7, 11) is 2.56. The predicted molar refractivity (Wildman–Crippen MR) is 103 cm³/mol. The van der Waals surface area contributed by atoms with Gasteiger partial charge in [-0.1, -0.05) is 31.2 Å². The number of phenols is 1. The van der Waals surface area contributed by atoms with Crippen molar-refractivity contribution < 1.29 is 5.11 Å². The van der Waals surface area contributed by atoms with Crippen molar-refractivity contribution in [2.24, 2.45) is 5.11 Å². The fourth-order valence-corrected chi connectivity index (χ4v) is 3.01. The highest BCUT2D eigenvalue weighted by Crippen LogP contribution is 2.36. The van der Waals surface area contributed by atoms with Gasteiger partial charge in [-0.3, -0.25) is 0 Å². The number of phenolic OH excluding ortho intramolecular Hbond substituents is 1. The Morgan fingerprint density at radius 3 is 2.65 bits per heavy atom. The lowest BCUT2D eigenvalue weighted by Crippen LogP contribution is -2.00. The molecule has 0 saturated carbocycles. The van der Waals surface area contributed by atoms with Crippen molar-refractivity contribution in [2.75, 3.05) is 11.9 Å². The number of anilines is 1. The predicted octanol–water partition coefficient (Wildman–Crippen LogP) is 4.53. The van der Waals surface area contributed by atoms with E-state index in [0.717, 1.165) is 17.4 Å². The lowest BCUT2D eigenvalue weighted by atomic mass is 10.1. The first kappa shape index (κ1) is 17.5. The maximum absolute atomic E-state index is 10.2. The summed E-state index contributed by atoms with van der Waals surface area (Å²) in [6.07, 6.45) is 4.76. The Labute approximate surface area is 144 Å². The summed E-state index contributed by atoms with van der Waals surface area (Å²) in [5.74, 6) is -0.0268. The molecule has 23 heavy (non-hydrogen) atoms. The van der Waals surface area contributed by atoms with Crippen LogP contribution in [0.25, 0.3) is 6.08 Å². The van der Waals surface area contributed by atoms with Gasteiger partial charge in [0.15, 0.2) is 5.75 Å². The van der Waals surface area contributed by atoms with Gasteiger partial charge in [-0.15, -0.1) is 21.9 Å². The summed E-state index contributed by atoms with van der Waals surface area (Å²) in [6, 6.07) is 10.1. The summed E-state index contributed by atoms with van der Waals surface area (Å²) in [5, 5.41) is 17.6. The largest absolute Gasteiger partial charge is 0.505 e. The van der Waals surface area contributed by atoms with E-state index in [2.05, 4.69) is 63.5 Å². The highest BCUT2D eigenvalue weighted by Gasteiger charge is 2.11. The van der Waals surface area contributed by atoms with E-state index in [1.54, 1.807) is 6.07 Å². The minimum absolute atomic E-state index is 0.0268. The Bertz CT molecular complexity index is 730. The zero-order valence-corrected chi connectivity index (χ0v) is 14.9. The van der Waals surface area contributed by atoms with Crippen LogP contribution < -0.4 is 10.6 Å². The van der Waals surface area contributed by atoms with E-state index in [9.17, 15) is 5.11 Å². The molecule has 0 saturated heterocycles. The number of rotatable bonds is 6. The van der Waals surface area contributed by atoms with Gasteiger partial charge in [0.2, 0.25) is 0 Å². The van der Waals surface area contributed by atoms with Gasteiger partial charge in [-0.2, -0.15) is 5.11 Å². The minimum atomic E-state index is -0.0268. The second kappa shape index (κ2) is 8.14. The van der Waals surface area contributed by atoms with Crippen LogP contribution in [0, 0.1) is 5.53 Å². The number of nitrogens with one attached hydrogen (secondary N) is 2. The topological polar surface area (TPSA) is 68.5 Å². The van der Waals surface area contributed by atoms with Gasteiger partial charge < -0.3 is 10.4 Å². The Morgan fingerprint density at radius 1 is 1.35 bits per heavy atom. The first-order valence-electron chi connectivity index (χ1n) is 7.28. The molecule has 1 unspecified atom stereocenters. The molecule has 1 atom stereocenters. The van der Waals surface area contributed by atoms with Gasteiger partial charge in [-0.05, 0) is 35.5 Å². The Hall–Kier alpha value is -1.84. The fraction of sp³-hybridized carbons (Fsp3) is 0.176. The van der Waals surface area contributed by atoms with Crippen LogP contribution in [-0.4, -0.2) is 11.7 Å². The summed E-state index contributed by atoms with van der Waals surface area (Å²) in [6.45, 7) is 2.76. The molecule has 0 heterocycles. The molecule has 6 heteroatoms. The molecule has 2 aromatic carbocycles. The molecular weight excluding hydrogens is 325 g/mol. The average molecular weight is 345 g/mol. The van der Waals surface area contributed by atoms with Gasteiger partial charge in [0.1, 0.15) is 5.69 Å². The molecule has 2 aromatic rings. The van der Waals surface area contributed by atoms with Crippen LogP contribution in [0.5, 0.6) is 5.75 Å². The number of benzene rings is 2. The van der Waals surface area contributed by atoms with Crippen LogP contribution in [0.4, 0.5) is 11.4 Å². The van der Waals surface area contributed by atoms with Crippen LogP contribution in [0.3, 0.4) is 0 Å². The number of aromatic hydroxyl groups is 1. The molecule has 0 spiro atoms. The highest BCUT2D eigenvalue weighted by molar-refractivity contribution is 7.80. The summed E-state index contributed by atoms with van der Waals surface area (Å²) < 4.78 is 0. The van der Waals surface area contributed by atoms with E-state index < -0.39 is 0 Å². The average Bonchev–Trinajstić information content (AvgIpc) is 2.54. The normalized spacial score (nSPS) is 10.9. The van der Waals surface area contributed by atoms with E-state index in [0.29, 0.717) is 17.0 Å². The van der Waals surface area contributed by atoms with E-state index in [-0.39, 0.29) is 11.4 Å². The number of thiol groups is 1. The van der Waals surface area contributed by atoms with Gasteiger partial charge in [-0.25, -0.2) is 5.53 Å². The monoisotopic (exact) mass is 345 g/mol. The summed E-state index contributed by atoms with van der Waals surface area (Å²) >= 11 is 4.21. The number of aryl methyl sites for hydroxylation is 1. The smallest absolute Gasteiger partial charge is 0.152 e. The zero-order valence-electron chi connectivity index (χ0n) is 12.9. The molecular formula is C17H20N3OPS. The van der Waals surface area contributed by atoms with Crippen molar-refractivity contribution in [1.82, 2.24) is 0 Å². The number of nitrogens with zero attached hydrogens (tertiary/aromatic N) is 1. The molecule has 0 fully saturated rings. The summed E-state index contributed by atoms with van der Waals surface area (Å²) in [4.78, 5) is 0.480. The third kappa shape index (κ3) is 4.34. The van der Waals surface area contributed by atoms with Gasteiger partial charge in [0.25, 0.3) is 0 Å². The van der Waals surface area contributed by atoms with Crippen LogP contribution in [0.1, 0.15) is 18.1 Å². The molecule has 0 bridgehead atoms. The van der Waals surface area contributed by atoms with Crippen LogP contribution in [0.2, 0.25) is 0 Å². The molecule has 120 valence electrons. The first-order valence-corrected chi connectivity index (χ1v) is 8.30. The Balaban J connectivity index is 2.07. The second-order valence-corrected chi connectivity index (χ2v) is 6.15. The van der Waals surface area contributed by atoms with Crippen molar-refractivity contribution in [3.63, 3.8) is 0 Å². The van der Waals surface area contributed by atoms with Crippen molar-refractivity contribution in [2.45, 2.75) is 18.2 Å². The number of hydrogen-bond donors (Lipinski definition) is 4. The van der Waals surface area contributed by atoms with Crippen LogP contribution in [0.15, 0.2) is 46.4 Å². The van der Waals surface area contributed by atoms with Crippen molar-refractivity contribution in [1.29, 1.82) is 5.53 Å². The summed E-state index contributed by atoms with van der Waals surface area (Å²) in [5.41, 5.74) is 10.3. The first-order chi connectivity index (χ1) is 11.1. The fourth-order valence-electron chi connectivity index (χ4n) is 2.18. The van der Waals surface area contributed by atoms with E-state index >= 15 is 0 Å². The van der Waals surface area contributed by atoms with Crippen molar-refractivity contribution in [3.05, 3.63) is 47.5 Å². The van der Waals surface area contributed by atoms with E-state index in [1.165, 1.54) is 5.56 Å². The maximum Gasteiger partial charge on any atom is 0.152 e. The van der Waals surface area contributed by atoms with Crippen molar-refractivity contribution in [3.8, 4) is 5.75 Å². The molecule has 0 amide bonds. The highest BCUT2D eigenvalue weighted by atomic mass is 32.1. The molecule has 2 rings (SSSR count). The Kier molecular flexibility index (Phi) is 6.20. The number of hydrogen-bond acceptors (Lipinski definition) is 5. The van der Waals surface area contributed by atoms with Crippen molar-refractivity contribution >= 4 is 44.6 Å². The standard InChI is InChI=1S/C17H20N3OPS/c1-2-11-5-7-12(8-6-11)19-9-3-4-13-14(22)10-15(23)16(20-18)17(13)21/h3-8,10,18-19,21,23H,2,9,22H2,1H3/b4-3-,20-18?. The van der Waals surface area contributed by atoms with Gasteiger partial charge >= 0.3 is 0 Å². The molecule has 0 aliphatic rings. The minimum Gasteiger partial charge on any atom is -0.505 e. The van der Waals surface area contributed by atoms with Crippen LogP contribution >= 0.6 is 21.9 Å². The molecule has 0 aromatic heterocycles. The third-order valence-corrected chi connectivity index (χ3v) is 4.33. The molecule has 0 radical (unpaired) electrons. The second-order valence-electron chi connectivity index (χ2n) is 5.04. The third-order valence-electron chi connectivity index (χ3n) is 3.51. The Morgan fingerprint density at radius 2 is 2.04 bits per heavy atom. The van der Waals surface area contributed by atoms with Gasteiger partial charge in [0.05, 0.1) is 0 Å². The molecule has 0 aliphatic heterocycles. The lowest BCUT2D eigenvalue weighted by Gasteiger charge is -2.09. The van der Waals surface area contributed by atoms with Crippen LogP contribution in [-0.2, 0) is 6.42 Å². The van der Waals surface area contributed by atoms with E-state index in [4.69, 9.17) is 5.53 Å².